The molecule has 0 saturated carbocycles. The van der Waals surface area contributed by atoms with E-state index in [9.17, 15) is 8.78 Å². The van der Waals surface area contributed by atoms with Gasteiger partial charge in [0, 0.05) is 24.2 Å². The van der Waals surface area contributed by atoms with E-state index in [1.165, 1.54) is 12.1 Å². The van der Waals surface area contributed by atoms with Gasteiger partial charge in [-0.1, -0.05) is 0 Å². The van der Waals surface area contributed by atoms with Gasteiger partial charge in [0.15, 0.2) is 0 Å². The number of benzene rings is 1. The third-order valence-electron chi connectivity index (χ3n) is 2.52. The molecule has 0 spiro atoms. The Balaban J connectivity index is 2.32. The molecule has 1 aromatic heterocycles. The Morgan fingerprint density at radius 1 is 1.17 bits per heavy atom. The highest BCUT2D eigenvalue weighted by molar-refractivity contribution is 5.59. The quantitative estimate of drug-likeness (QED) is 0.904. The molecule has 0 unspecified atom stereocenters. The first kappa shape index (κ1) is 12.6. The average molecular weight is 249 g/mol. The molecule has 5 heteroatoms. The van der Waals surface area contributed by atoms with Crippen LogP contribution in [-0.4, -0.2) is 16.5 Å². The maximum absolute atomic E-state index is 13.6. The SMILES string of the molecule is NCCCc1nccc(-c2ccc(F)cc2F)n1. The summed E-state index contributed by atoms with van der Waals surface area (Å²) in [4.78, 5) is 8.33. The van der Waals surface area contributed by atoms with E-state index in [-0.39, 0.29) is 5.56 Å². The first-order chi connectivity index (χ1) is 8.70. The second kappa shape index (κ2) is 5.64. The molecule has 0 aliphatic rings. The molecule has 3 nitrogen and oxygen atoms in total. The number of halogens is 2. The van der Waals surface area contributed by atoms with Crippen molar-refractivity contribution >= 4 is 0 Å². The Kier molecular flexibility index (Phi) is 3.94. The molecule has 0 bridgehead atoms. The van der Waals surface area contributed by atoms with Gasteiger partial charge in [-0.3, -0.25) is 0 Å². The lowest BCUT2D eigenvalue weighted by atomic mass is 10.1. The average Bonchev–Trinajstić information content (AvgIpc) is 2.36. The number of hydrogen-bond acceptors (Lipinski definition) is 3. The van der Waals surface area contributed by atoms with E-state index in [0.29, 0.717) is 24.5 Å². The predicted molar refractivity (Wildman–Crippen MR) is 64.8 cm³/mol. The molecule has 0 fully saturated rings. The van der Waals surface area contributed by atoms with Crippen LogP contribution >= 0.6 is 0 Å². The van der Waals surface area contributed by atoms with Crippen molar-refractivity contribution in [3.8, 4) is 11.3 Å². The van der Waals surface area contributed by atoms with Crippen LogP contribution in [0.4, 0.5) is 8.78 Å². The third-order valence-corrected chi connectivity index (χ3v) is 2.52. The molecular formula is C13H13F2N3. The molecule has 18 heavy (non-hydrogen) atoms. The molecule has 2 N–H and O–H groups in total. The standard InChI is InChI=1S/C13H13F2N3/c14-9-3-4-10(11(15)8-9)12-5-7-17-13(18-12)2-1-6-16/h3-5,7-8H,1-2,6,16H2. The zero-order chi connectivity index (χ0) is 13.0. The summed E-state index contributed by atoms with van der Waals surface area (Å²) in [5.74, 6) is -0.617. The van der Waals surface area contributed by atoms with Crippen molar-refractivity contribution in [3.05, 3.63) is 47.9 Å². The van der Waals surface area contributed by atoms with Crippen LogP contribution in [0, 0.1) is 11.6 Å². The summed E-state index contributed by atoms with van der Waals surface area (Å²) in [5, 5.41) is 0. The van der Waals surface area contributed by atoms with Gasteiger partial charge < -0.3 is 5.73 Å². The molecule has 0 aliphatic heterocycles. The first-order valence-corrected chi connectivity index (χ1v) is 5.68. The summed E-state index contributed by atoms with van der Waals surface area (Å²) < 4.78 is 26.4. The van der Waals surface area contributed by atoms with E-state index in [4.69, 9.17) is 5.73 Å². The van der Waals surface area contributed by atoms with Crippen LogP contribution in [0.25, 0.3) is 11.3 Å². The van der Waals surface area contributed by atoms with Crippen molar-refractivity contribution in [2.24, 2.45) is 5.73 Å². The minimum atomic E-state index is -0.626. The molecule has 0 radical (unpaired) electrons. The molecule has 2 aromatic rings. The summed E-state index contributed by atoms with van der Waals surface area (Å²) in [6.07, 6.45) is 2.99. The van der Waals surface area contributed by atoms with E-state index in [1.54, 1.807) is 12.3 Å². The summed E-state index contributed by atoms with van der Waals surface area (Å²) >= 11 is 0. The number of rotatable bonds is 4. The topological polar surface area (TPSA) is 51.8 Å². The molecule has 94 valence electrons. The van der Waals surface area contributed by atoms with Crippen molar-refractivity contribution in [1.29, 1.82) is 0 Å². The van der Waals surface area contributed by atoms with Crippen molar-refractivity contribution in [2.75, 3.05) is 6.54 Å². The lowest BCUT2D eigenvalue weighted by Crippen LogP contribution is -2.03. The monoisotopic (exact) mass is 249 g/mol. The Labute approximate surface area is 104 Å². The smallest absolute Gasteiger partial charge is 0.135 e. The van der Waals surface area contributed by atoms with E-state index in [2.05, 4.69) is 9.97 Å². The zero-order valence-corrected chi connectivity index (χ0v) is 9.74. The Morgan fingerprint density at radius 2 is 2.00 bits per heavy atom. The molecule has 2 rings (SSSR count). The van der Waals surface area contributed by atoms with Crippen LogP contribution in [0.15, 0.2) is 30.5 Å². The van der Waals surface area contributed by atoms with Crippen LogP contribution in [0.3, 0.4) is 0 Å². The van der Waals surface area contributed by atoms with Gasteiger partial charge in [0.2, 0.25) is 0 Å². The minimum Gasteiger partial charge on any atom is -0.330 e. The summed E-state index contributed by atoms with van der Waals surface area (Å²) in [5.41, 5.74) is 6.13. The normalized spacial score (nSPS) is 10.6. The highest BCUT2D eigenvalue weighted by Crippen LogP contribution is 2.21. The van der Waals surface area contributed by atoms with Gasteiger partial charge in [-0.05, 0) is 31.2 Å². The number of hydrogen-bond donors (Lipinski definition) is 1. The van der Waals surface area contributed by atoms with Gasteiger partial charge in [0.1, 0.15) is 17.5 Å². The maximum atomic E-state index is 13.6. The first-order valence-electron chi connectivity index (χ1n) is 5.68. The number of nitrogens with two attached hydrogens (primary N) is 1. The van der Waals surface area contributed by atoms with E-state index >= 15 is 0 Å². The molecule has 0 aliphatic carbocycles. The lowest BCUT2D eigenvalue weighted by Gasteiger charge is -2.04. The molecule has 0 atom stereocenters. The highest BCUT2D eigenvalue weighted by atomic mass is 19.1. The molecule has 1 heterocycles. The van der Waals surface area contributed by atoms with Crippen molar-refractivity contribution in [1.82, 2.24) is 9.97 Å². The van der Waals surface area contributed by atoms with Gasteiger partial charge in [0.05, 0.1) is 5.69 Å². The van der Waals surface area contributed by atoms with E-state index in [0.717, 1.165) is 12.5 Å². The fraction of sp³-hybridized carbons (Fsp3) is 0.231. The van der Waals surface area contributed by atoms with Crippen molar-refractivity contribution in [2.45, 2.75) is 12.8 Å². The summed E-state index contributed by atoms with van der Waals surface area (Å²) in [6.45, 7) is 0.554. The third kappa shape index (κ3) is 2.87. The number of aromatic nitrogens is 2. The highest BCUT2D eigenvalue weighted by Gasteiger charge is 2.08. The van der Waals surface area contributed by atoms with Gasteiger partial charge >= 0.3 is 0 Å². The Hall–Kier alpha value is -1.88. The van der Waals surface area contributed by atoms with Crippen LogP contribution < -0.4 is 5.73 Å². The van der Waals surface area contributed by atoms with Crippen molar-refractivity contribution in [3.63, 3.8) is 0 Å². The van der Waals surface area contributed by atoms with E-state index in [1.807, 2.05) is 0 Å². The summed E-state index contributed by atoms with van der Waals surface area (Å²) in [6, 6.07) is 5.03. The molecule has 0 amide bonds. The molecule has 0 saturated heterocycles. The molecule has 1 aromatic carbocycles. The van der Waals surface area contributed by atoms with Crippen LogP contribution in [0.1, 0.15) is 12.2 Å². The second-order valence-corrected chi connectivity index (χ2v) is 3.87. The van der Waals surface area contributed by atoms with Crippen LogP contribution in [0.5, 0.6) is 0 Å². The lowest BCUT2D eigenvalue weighted by molar-refractivity contribution is 0.585. The van der Waals surface area contributed by atoms with E-state index < -0.39 is 11.6 Å². The van der Waals surface area contributed by atoms with Gasteiger partial charge in [-0.15, -0.1) is 0 Å². The fourth-order valence-electron chi connectivity index (χ4n) is 1.63. The predicted octanol–water partition coefficient (Wildman–Crippen LogP) is 2.31. The van der Waals surface area contributed by atoms with Crippen molar-refractivity contribution < 1.29 is 8.78 Å². The Bertz CT molecular complexity index is 544. The maximum Gasteiger partial charge on any atom is 0.135 e. The molecular weight excluding hydrogens is 236 g/mol. The Morgan fingerprint density at radius 3 is 2.72 bits per heavy atom. The van der Waals surface area contributed by atoms with Gasteiger partial charge in [-0.2, -0.15) is 0 Å². The zero-order valence-electron chi connectivity index (χ0n) is 9.74. The number of nitrogens with zero attached hydrogens (tertiary/aromatic N) is 2. The summed E-state index contributed by atoms with van der Waals surface area (Å²) in [7, 11) is 0. The van der Waals surface area contributed by atoms with Gasteiger partial charge in [0.25, 0.3) is 0 Å². The number of aryl methyl sites for hydroxylation is 1. The largest absolute Gasteiger partial charge is 0.330 e. The van der Waals surface area contributed by atoms with Crippen LogP contribution in [-0.2, 0) is 6.42 Å². The minimum absolute atomic E-state index is 0.271. The van der Waals surface area contributed by atoms with Gasteiger partial charge in [-0.25, -0.2) is 18.7 Å². The van der Waals surface area contributed by atoms with Crippen LogP contribution in [0.2, 0.25) is 0 Å². The fourth-order valence-corrected chi connectivity index (χ4v) is 1.63. The second-order valence-electron chi connectivity index (χ2n) is 3.87.